The number of hydrogen-bond acceptors (Lipinski definition) is 3. The van der Waals surface area contributed by atoms with Crippen LogP contribution >= 0.6 is 0 Å². The highest BCUT2D eigenvalue weighted by atomic mass is 15.4. The Bertz CT molecular complexity index is 1040. The van der Waals surface area contributed by atoms with E-state index in [0.29, 0.717) is 5.95 Å². The zero-order valence-corrected chi connectivity index (χ0v) is 12.8. The average molecular weight is 300 g/mol. The lowest BCUT2D eigenvalue weighted by atomic mass is 9.98. The Balaban J connectivity index is 1.93. The lowest BCUT2D eigenvalue weighted by Crippen LogP contribution is -1.97. The summed E-state index contributed by atoms with van der Waals surface area (Å²) in [6, 6.07) is 18.9. The number of benzene rings is 3. The van der Waals surface area contributed by atoms with Crippen molar-refractivity contribution in [2.24, 2.45) is 5.10 Å². The van der Waals surface area contributed by atoms with Gasteiger partial charge in [-0.2, -0.15) is 5.10 Å². The number of fused-ring (bicyclic) bond motifs is 3. The van der Waals surface area contributed by atoms with Crippen molar-refractivity contribution in [3.8, 4) is 0 Å². The molecule has 0 saturated heterocycles. The molecule has 0 spiro atoms. The molecule has 1 aromatic heterocycles. The van der Waals surface area contributed by atoms with Crippen LogP contribution in [0, 0.1) is 6.92 Å². The summed E-state index contributed by atoms with van der Waals surface area (Å²) in [5.74, 6) is 0.392. The Kier molecular flexibility index (Phi) is 3.08. The monoisotopic (exact) mass is 300 g/mol. The quantitative estimate of drug-likeness (QED) is 0.450. The van der Waals surface area contributed by atoms with Crippen molar-refractivity contribution in [1.29, 1.82) is 0 Å². The van der Waals surface area contributed by atoms with E-state index in [1.165, 1.54) is 21.5 Å². The Labute approximate surface area is 133 Å². The van der Waals surface area contributed by atoms with Crippen molar-refractivity contribution in [3.05, 3.63) is 72.1 Å². The van der Waals surface area contributed by atoms with Crippen molar-refractivity contribution in [2.75, 3.05) is 5.73 Å². The maximum atomic E-state index is 5.85. The third kappa shape index (κ3) is 2.34. The molecular weight excluding hydrogens is 284 g/mol. The average Bonchev–Trinajstić information content (AvgIpc) is 2.90. The van der Waals surface area contributed by atoms with Gasteiger partial charge in [0.05, 0.1) is 18.1 Å². The molecule has 4 nitrogen and oxygen atoms in total. The highest BCUT2D eigenvalue weighted by Gasteiger charge is 2.04. The highest BCUT2D eigenvalue weighted by molar-refractivity contribution is 6.14. The molecule has 3 aromatic carbocycles. The first-order chi connectivity index (χ1) is 11.2. The summed E-state index contributed by atoms with van der Waals surface area (Å²) < 4.78 is 1.60. The van der Waals surface area contributed by atoms with E-state index in [1.54, 1.807) is 4.68 Å². The van der Waals surface area contributed by atoms with E-state index in [9.17, 15) is 0 Å². The van der Waals surface area contributed by atoms with E-state index < -0.39 is 0 Å². The Morgan fingerprint density at radius 3 is 2.61 bits per heavy atom. The van der Waals surface area contributed by atoms with Crippen LogP contribution in [0.15, 0.2) is 65.9 Å². The van der Waals surface area contributed by atoms with E-state index in [0.717, 1.165) is 11.3 Å². The number of rotatable bonds is 2. The summed E-state index contributed by atoms with van der Waals surface area (Å²) >= 11 is 0. The summed E-state index contributed by atoms with van der Waals surface area (Å²) in [5.41, 5.74) is 7.76. The van der Waals surface area contributed by atoms with Crippen molar-refractivity contribution >= 4 is 33.7 Å². The third-order valence-corrected chi connectivity index (χ3v) is 3.96. The second-order valence-corrected chi connectivity index (χ2v) is 5.56. The van der Waals surface area contributed by atoms with Gasteiger partial charge in [-0.05, 0) is 28.5 Å². The fourth-order valence-corrected chi connectivity index (χ4v) is 2.92. The van der Waals surface area contributed by atoms with Gasteiger partial charge in [0, 0.05) is 5.56 Å². The Morgan fingerprint density at radius 1 is 1.00 bits per heavy atom. The highest BCUT2D eigenvalue weighted by Crippen LogP contribution is 2.27. The van der Waals surface area contributed by atoms with E-state index >= 15 is 0 Å². The number of nitrogens with two attached hydrogens (primary N) is 1. The Morgan fingerprint density at radius 2 is 1.78 bits per heavy atom. The van der Waals surface area contributed by atoms with Gasteiger partial charge in [0.15, 0.2) is 0 Å². The summed E-state index contributed by atoms with van der Waals surface area (Å²) in [5, 5.41) is 9.30. The summed E-state index contributed by atoms with van der Waals surface area (Å²) in [4.78, 5) is 4.16. The molecule has 0 unspecified atom stereocenters. The van der Waals surface area contributed by atoms with Crippen LogP contribution in [0.25, 0.3) is 21.5 Å². The van der Waals surface area contributed by atoms with Gasteiger partial charge in [0.1, 0.15) is 0 Å². The molecular formula is C19H16N4. The standard InChI is InChI=1S/C19H16N4/c1-13-12-23(19(20)22-13)21-11-16-7-4-6-15-10-9-14-5-2-3-8-17(14)18(15)16/h2-12H,1H3,(H2,20,22). The summed E-state index contributed by atoms with van der Waals surface area (Å²) in [6.07, 6.45) is 3.65. The number of aryl methyl sites for hydroxylation is 1. The minimum atomic E-state index is 0.392. The van der Waals surface area contributed by atoms with Crippen molar-refractivity contribution < 1.29 is 0 Å². The van der Waals surface area contributed by atoms with Gasteiger partial charge < -0.3 is 5.73 Å². The summed E-state index contributed by atoms with van der Waals surface area (Å²) in [7, 11) is 0. The number of aromatic nitrogens is 2. The topological polar surface area (TPSA) is 56.2 Å². The first-order valence-electron chi connectivity index (χ1n) is 7.49. The second kappa shape index (κ2) is 5.25. The smallest absolute Gasteiger partial charge is 0.221 e. The van der Waals surface area contributed by atoms with E-state index in [-0.39, 0.29) is 0 Å². The van der Waals surface area contributed by atoms with Crippen molar-refractivity contribution in [1.82, 2.24) is 9.66 Å². The van der Waals surface area contributed by atoms with Crippen molar-refractivity contribution in [3.63, 3.8) is 0 Å². The molecule has 0 amide bonds. The number of imidazole rings is 1. The number of anilines is 1. The second-order valence-electron chi connectivity index (χ2n) is 5.56. The normalized spacial score (nSPS) is 11.7. The van der Waals surface area contributed by atoms with Crippen LogP contribution in [0.1, 0.15) is 11.3 Å². The van der Waals surface area contributed by atoms with Crippen LogP contribution in [-0.4, -0.2) is 15.9 Å². The van der Waals surface area contributed by atoms with Gasteiger partial charge in [-0.3, -0.25) is 0 Å². The molecule has 0 saturated carbocycles. The van der Waals surface area contributed by atoms with E-state index in [4.69, 9.17) is 5.73 Å². The first-order valence-corrected chi connectivity index (χ1v) is 7.49. The maximum Gasteiger partial charge on any atom is 0.221 e. The largest absolute Gasteiger partial charge is 0.368 e. The van der Waals surface area contributed by atoms with Crippen LogP contribution in [0.3, 0.4) is 0 Å². The lowest BCUT2D eigenvalue weighted by Gasteiger charge is -2.07. The fourth-order valence-electron chi connectivity index (χ4n) is 2.92. The maximum absolute atomic E-state index is 5.85. The van der Waals surface area contributed by atoms with Gasteiger partial charge in [-0.25, -0.2) is 9.66 Å². The Hall–Kier alpha value is -3.14. The number of nitrogens with zero attached hydrogens (tertiary/aromatic N) is 3. The van der Waals surface area contributed by atoms with E-state index in [1.807, 2.05) is 25.4 Å². The van der Waals surface area contributed by atoms with Crippen molar-refractivity contribution in [2.45, 2.75) is 6.92 Å². The van der Waals surface area contributed by atoms with Gasteiger partial charge in [-0.1, -0.05) is 54.6 Å². The molecule has 0 atom stereocenters. The van der Waals surface area contributed by atoms with Gasteiger partial charge >= 0.3 is 0 Å². The van der Waals surface area contributed by atoms with Crippen LogP contribution < -0.4 is 5.73 Å². The van der Waals surface area contributed by atoms with Crippen LogP contribution in [0.5, 0.6) is 0 Å². The minimum absolute atomic E-state index is 0.392. The fraction of sp³-hybridized carbons (Fsp3) is 0.0526. The van der Waals surface area contributed by atoms with Crippen LogP contribution in [0.2, 0.25) is 0 Å². The third-order valence-electron chi connectivity index (χ3n) is 3.96. The molecule has 0 aliphatic rings. The molecule has 0 radical (unpaired) electrons. The lowest BCUT2D eigenvalue weighted by molar-refractivity contribution is 0.897. The zero-order chi connectivity index (χ0) is 15.8. The van der Waals surface area contributed by atoms with Gasteiger partial charge in [0.2, 0.25) is 5.95 Å². The van der Waals surface area contributed by atoms with Gasteiger partial charge in [-0.15, -0.1) is 0 Å². The molecule has 4 heteroatoms. The molecule has 0 aliphatic carbocycles. The predicted molar refractivity (Wildman–Crippen MR) is 95.8 cm³/mol. The molecule has 0 fully saturated rings. The molecule has 0 aliphatic heterocycles. The summed E-state index contributed by atoms with van der Waals surface area (Å²) in [6.45, 7) is 1.90. The predicted octanol–water partition coefficient (Wildman–Crippen LogP) is 3.96. The van der Waals surface area contributed by atoms with E-state index in [2.05, 4.69) is 58.6 Å². The number of hydrogen-bond donors (Lipinski definition) is 1. The molecule has 4 rings (SSSR count). The minimum Gasteiger partial charge on any atom is -0.368 e. The van der Waals surface area contributed by atoms with Crippen LogP contribution in [0.4, 0.5) is 5.95 Å². The molecule has 0 bridgehead atoms. The van der Waals surface area contributed by atoms with Crippen LogP contribution in [-0.2, 0) is 0 Å². The molecule has 112 valence electrons. The number of nitrogen functional groups attached to an aromatic ring is 1. The molecule has 1 heterocycles. The SMILES string of the molecule is Cc1cn(N=Cc2cccc3ccc4ccccc4c23)c(N)n1. The molecule has 4 aromatic rings. The molecule has 23 heavy (non-hydrogen) atoms. The van der Waals surface area contributed by atoms with Gasteiger partial charge in [0.25, 0.3) is 0 Å². The first kappa shape index (κ1) is 13.5. The molecule has 2 N–H and O–H groups in total. The zero-order valence-electron chi connectivity index (χ0n) is 12.8.